The number of rotatable bonds is 3. The molecule has 1 aliphatic heterocycles. The Bertz CT molecular complexity index is 337. The molecule has 3 rings (SSSR count). The third kappa shape index (κ3) is 2.00. The Morgan fingerprint density at radius 1 is 1.06 bits per heavy atom. The molecule has 16 heavy (non-hydrogen) atoms. The van der Waals surface area contributed by atoms with E-state index in [9.17, 15) is 0 Å². The van der Waals surface area contributed by atoms with Crippen LogP contribution >= 0.6 is 0 Å². The highest BCUT2D eigenvalue weighted by Gasteiger charge is 2.45. The van der Waals surface area contributed by atoms with Crippen LogP contribution in [0.2, 0.25) is 0 Å². The van der Waals surface area contributed by atoms with Crippen LogP contribution in [0.1, 0.15) is 31.2 Å². The van der Waals surface area contributed by atoms with Gasteiger partial charge in [-0.3, -0.25) is 0 Å². The largest absolute Gasteiger partial charge is 0.317 e. The molecule has 1 heterocycles. The van der Waals surface area contributed by atoms with Crippen molar-refractivity contribution in [3.63, 3.8) is 0 Å². The van der Waals surface area contributed by atoms with E-state index in [-0.39, 0.29) is 0 Å². The minimum Gasteiger partial charge on any atom is -0.317 e. The van der Waals surface area contributed by atoms with Crippen molar-refractivity contribution in [2.45, 2.75) is 37.3 Å². The van der Waals surface area contributed by atoms with Crippen LogP contribution in [-0.2, 0) is 5.54 Å². The molecule has 0 radical (unpaired) electrons. The third-order valence-corrected chi connectivity index (χ3v) is 3.90. The molecule has 0 amide bonds. The molecule has 2 fully saturated rings. The number of hydrogen-bond donors (Lipinski definition) is 2. The van der Waals surface area contributed by atoms with Crippen LogP contribution in [0.15, 0.2) is 30.3 Å². The highest BCUT2D eigenvalue weighted by molar-refractivity contribution is 5.30. The van der Waals surface area contributed by atoms with Crippen molar-refractivity contribution in [2.24, 2.45) is 0 Å². The van der Waals surface area contributed by atoms with Gasteiger partial charge in [-0.15, -0.1) is 0 Å². The maximum atomic E-state index is 3.88. The molecular formula is C14H20N2. The first-order valence-electron chi connectivity index (χ1n) is 6.43. The lowest BCUT2D eigenvalue weighted by Crippen LogP contribution is -2.44. The Morgan fingerprint density at radius 3 is 2.38 bits per heavy atom. The summed E-state index contributed by atoms with van der Waals surface area (Å²) in [6.45, 7) is 2.34. The smallest absolute Gasteiger partial charge is 0.0438 e. The van der Waals surface area contributed by atoms with Gasteiger partial charge < -0.3 is 10.6 Å². The molecule has 2 heteroatoms. The fourth-order valence-corrected chi connectivity index (χ4v) is 2.76. The van der Waals surface area contributed by atoms with Crippen molar-refractivity contribution in [1.29, 1.82) is 0 Å². The molecule has 86 valence electrons. The van der Waals surface area contributed by atoms with Crippen molar-refractivity contribution < 1.29 is 0 Å². The van der Waals surface area contributed by atoms with Gasteiger partial charge in [0.25, 0.3) is 0 Å². The number of benzene rings is 1. The maximum absolute atomic E-state index is 3.88. The molecular weight excluding hydrogens is 196 g/mol. The number of nitrogens with one attached hydrogen (secondary N) is 2. The molecule has 1 saturated carbocycles. The first kappa shape index (κ1) is 10.3. The molecule has 1 aromatic rings. The molecule has 2 nitrogen and oxygen atoms in total. The molecule has 1 saturated heterocycles. The van der Waals surface area contributed by atoms with Crippen LogP contribution in [0.25, 0.3) is 0 Å². The predicted octanol–water partition coefficient (Wildman–Crippen LogP) is 2.02. The molecule has 0 aromatic heterocycles. The van der Waals surface area contributed by atoms with Crippen molar-refractivity contribution in [3.8, 4) is 0 Å². The van der Waals surface area contributed by atoms with Crippen LogP contribution in [0, 0.1) is 0 Å². The van der Waals surface area contributed by atoms with Gasteiger partial charge in [-0.2, -0.15) is 0 Å². The van der Waals surface area contributed by atoms with Crippen LogP contribution in [0.4, 0.5) is 0 Å². The monoisotopic (exact) mass is 216 g/mol. The van der Waals surface area contributed by atoms with Crippen molar-refractivity contribution in [2.75, 3.05) is 13.1 Å². The zero-order valence-electron chi connectivity index (χ0n) is 9.71. The van der Waals surface area contributed by atoms with Gasteiger partial charge in [0.15, 0.2) is 0 Å². The van der Waals surface area contributed by atoms with Gasteiger partial charge in [0, 0.05) is 11.6 Å². The Labute approximate surface area is 97.4 Å². The average Bonchev–Trinajstić information content (AvgIpc) is 3.13. The molecule has 0 bridgehead atoms. The summed E-state index contributed by atoms with van der Waals surface area (Å²) in [5.74, 6) is 0. The zero-order chi connectivity index (χ0) is 10.8. The minimum absolute atomic E-state index is 0.323. The fourth-order valence-electron chi connectivity index (χ4n) is 2.76. The van der Waals surface area contributed by atoms with Crippen molar-refractivity contribution in [1.82, 2.24) is 10.6 Å². The quantitative estimate of drug-likeness (QED) is 0.807. The molecule has 0 atom stereocenters. The topological polar surface area (TPSA) is 24.1 Å². The second-order valence-electron chi connectivity index (χ2n) is 5.12. The summed E-state index contributed by atoms with van der Waals surface area (Å²) < 4.78 is 0. The molecule has 2 N–H and O–H groups in total. The van der Waals surface area contributed by atoms with Crippen LogP contribution in [0.5, 0.6) is 0 Å². The minimum atomic E-state index is 0.323. The summed E-state index contributed by atoms with van der Waals surface area (Å²) in [5.41, 5.74) is 1.80. The van der Waals surface area contributed by atoms with Gasteiger partial charge in [0.2, 0.25) is 0 Å². The third-order valence-electron chi connectivity index (χ3n) is 3.90. The Balaban J connectivity index is 1.69. The zero-order valence-corrected chi connectivity index (χ0v) is 9.71. The standard InChI is InChI=1S/C14H20N2/c1-2-4-12(5-3-1)14(8-9-14)16-13-6-10-15-11-7-13/h1-5,13,15-16H,6-11H2. The molecule has 1 aromatic carbocycles. The van der Waals surface area contributed by atoms with Gasteiger partial charge in [-0.05, 0) is 44.3 Å². The SMILES string of the molecule is c1ccc(C2(NC3CCNCC3)CC2)cc1. The van der Waals surface area contributed by atoms with Gasteiger partial charge in [-0.1, -0.05) is 30.3 Å². The Kier molecular flexibility index (Phi) is 2.70. The number of hydrogen-bond acceptors (Lipinski definition) is 2. The second-order valence-corrected chi connectivity index (χ2v) is 5.12. The first-order chi connectivity index (χ1) is 7.89. The van der Waals surface area contributed by atoms with E-state index >= 15 is 0 Å². The lowest BCUT2D eigenvalue weighted by Gasteiger charge is -2.29. The highest BCUT2D eigenvalue weighted by Crippen LogP contribution is 2.46. The fraction of sp³-hybridized carbons (Fsp3) is 0.571. The van der Waals surface area contributed by atoms with Crippen molar-refractivity contribution in [3.05, 3.63) is 35.9 Å². The molecule has 1 aliphatic carbocycles. The van der Waals surface area contributed by atoms with E-state index < -0.39 is 0 Å². The summed E-state index contributed by atoms with van der Waals surface area (Å²) in [6.07, 6.45) is 5.16. The maximum Gasteiger partial charge on any atom is 0.0438 e. The summed E-state index contributed by atoms with van der Waals surface area (Å²) in [4.78, 5) is 0. The van der Waals surface area contributed by atoms with E-state index in [2.05, 4.69) is 41.0 Å². The van der Waals surface area contributed by atoms with Gasteiger partial charge >= 0.3 is 0 Å². The lowest BCUT2D eigenvalue weighted by atomic mass is 10.00. The number of piperidine rings is 1. The lowest BCUT2D eigenvalue weighted by molar-refractivity contribution is 0.339. The normalized spacial score (nSPS) is 24.2. The first-order valence-corrected chi connectivity index (χ1v) is 6.43. The van der Waals surface area contributed by atoms with E-state index in [1.165, 1.54) is 44.3 Å². The summed E-state index contributed by atoms with van der Waals surface area (Å²) in [7, 11) is 0. The molecule has 0 spiro atoms. The van der Waals surface area contributed by atoms with Crippen LogP contribution < -0.4 is 10.6 Å². The summed E-state index contributed by atoms with van der Waals surface area (Å²) >= 11 is 0. The average molecular weight is 216 g/mol. The van der Waals surface area contributed by atoms with E-state index in [0.29, 0.717) is 11.6 Å². The summed E-state index contributed by atoms with van der Waals surface area (Å²) in [5, 5.41) is 7.30. The van der Waals surface area contributed by atoms with Crippen LogP contribution in [0.3, 0.4) is 0 Å². The molecule has 0 unspecified atom stereocenters. The molecule has 2 aliphatic rings. The van der Waals surface area contributed by atoms with E-state index in [1.54, 1.807) is 0 Å². The Hall–Kier alpha value is -0.860. The van der Waals surface area contributed by atoms with Gasteiger partial charge in [-0.25, -0.2) is 0 Å². The van der Waals surface area contributed by atoms with E-state index in [4.69, 9.17) is 0 Å². The second kappa shape index (κ2) is 4.19. The van der Waals surface area contributed by atoms with E-state index in [0.717, 1.165) is 0 Å². The highest BCUT2D eigenvalue weighted by atomic mass is 15.1. The van der Waals surface area contributed by atoms with E-state index in [1.807, 2.05) is 0 Å². The van der Waals surface area contributed by atoms with Gasteiger partial charge in [0.05, 0.1) is 0 Å². The van der Waals surface area contributed by atoms with Crippen molar-refractivity contribution >= 4 is 0 Å². The predicted molar refractivity (Wildman–Crippen MR) is 66.4 cm³/mol. The summed E-state index contributed by atoms with van der Waals surface area (Å²) in [6, 6.07) is 11.6. The Morgan fingerprint density at radius 2 is 1.75 bits per heavy atom. The van der Waals surface area contributed by atoms with Gasteiger partial charge in [0.1, 0.15) is 0 Å². The van der Waals surface area contributed by atoms with Crippen LogP contribution in [-0.4, -0.2) is 19.1 Å².